The van der Waals surface area contributed by atoms with Crippen molar-refractivity contribution in [1.29, 1.82) is 5.41 Å². The second-order valence-electron chi connectivity index (χ2n) is 4.42. The Labute approximate surface area is 106 Å². The van der Waals surface area contributed by atoms with Crippen LogP contribution in [-0.2, 0) is 14.6 Å². The minimum atomic E-state index is -3.62. The first kappa shape index (κ1) is 12.8. The number of carbonyl (C=O) groups is 1. The predicted molar refractivity (Wildman–Crippen MR) is 67.1 cm³/mol. The summed E-state index contributed by atoms with van der Waals surface area (Å²) in [4.78, 5) is 11.4. The highest BCUT2D eigenvalue weighted by Crippen LogP contribution is 2.26. The van der Waals surface area contributed by atoms with Crippen molar-refractivity contribution in [3.8, 4) is 0 Å². The first-order valence-corrected chi connectivity index (χ1v) is 7.15. The predicted octanol–water partition coefficient (Wildman–Crippen LogP) is 0.962. The van der Waals surface area contributed by atoms with Crippen LogP contribution < -0.4 is 5.32 Å². The second kappa shape index (κ2) is 4.53. The summed E-state index contributed by atoms with van der Waals surface area (Å²) in [5.41, 5.74) is 0. The maximum atomic E-state index is 12.4. The molecule has 0 aliphatic carbocycles. The zero-order valence-corrected chi connectivity index (χ0v) is 10.7. The average molecular weight is 266 g/mol. The Morgan fingerprint density at radius 1 is 1.28 bits per heavy atom. The Balaban J connectivity index is 2.42. The molecule has 1 amide bonds. The Morgan fingerprint density at radius 3 is 2.44 bits per heavy atom. The SMILES string of the molecule is CC1CC(=O)NC(=N)C1S(=O)(=O)c1ccccc1. The monoisotopic (exact) mass is 266 g/mol. The molecule has 1 aromatic carbocycles. The van der Waals surface area contributed by atoms with Gasteiger partial charge in [-0.3, -0.25) is 10.2 Å². The van der Waals surface area contributed by atoms with Gasteiger partial charge in [-0.15, -0.1) is 0 Å². The van der Waals surface area contributed by atoms with Crippen LogP contribution in [0.25, 0.3) is 0 Å². The molecule has 18 heavy (non-hydrogen) atoms. The van der Waals surface area contributed by atoms with Crippen molar-refractivity contribution in [2.24, 2.45) is 5.92 Å². The van der Waals surface area contributed by atoms with Crippen molar-refractivity contribution >= 4 is 21.6 Å². The van der Waals surface area contributed by atoms with Gasteiger partial charge in [-0.2, -0.15) is 0 Å². The molecular weight excluding hydrogens is 252 g/mol. The maximum Gasteiger partial charge on any atom is 0.225 e. The topological polar surface area (TPSA) is 87.1 Å². The average Bonchev–Trinajstić information content (AvgIpc) is 2.28. The lowest BCUT2D eigenvalue weighted by molar-refractivity contribution is -0.121. The Bertz CT molecular complexity index is 581. The van der Waals surface area contributed by atoms with E-state index in [4.69, 9.17) is 5.41 Å². The van der Waals surface area contributed by atoms with E-state index in [-0.39, 0.29) is 23.1 Å². The summed E-state index contributed by atoms with van der Waals surface area (Å²) in [7, 11) is -3.62. The van der Waals surface area contributed by atoms with Crippen molar-refractivity contribution in [3.63, 3.8) is 0 Å². The highest BCUT2D eigenvalue weighted by Gasteiger charge is 2.40. The lowest BCUT2D eigenvalue weighted by atomic mass is 9.98. The van der Waals surface area contributed by atoms with Gasteiger partial charge in [0.15, 0.2) is 9.84 Å². The molecule has 2 rings (SSSR count). The van der Waals surface area contributed by atoms with Crippen molar-refractivity contribution in [2.45, 2.75) is 23.5 Å². The molecule has 1 aliphatic heterocycles. The molecule has 0 bridgehead atoms. The summed E-state index contributed by atoms with van der Waals surface area (Å²) < 4.78 is 24.8. The van der Waals surface area contributed by atoms with Gasteiger partial charge in [-0.05, 0) is 18.1 Å². The van der Waals surface area contributed by atoms with E-state index in [0.29, 0.717) is 0 Å². The van der Waals surface area contributed by atoms with Gasteiger partial charge in [0.2, 0.25) is 5.91 Å². The van der Waals surface area contributed by atoms with Crippen molar-refractivity contribution in [1.82, 2.24) is 5.32 Å². The van der Waals surface area contributed by atoms with E-state index in [1.54, 1.807) is 25.1 Å². The number of nitrogens with one attached hydrogen (secondary N) is 2. The maximum absolute atomic E-state index is 12.4. The third kappa shape index (κ3) is 2.15. The number of hydrogen-bond donors (Lipinski definition) is 2. The molecule has 0 aromatic heterocycles. The summed E-state index contributed by atoms with van der Waals surface area (Å²) in [6.45, 7) is 1.68. The van der Waals surface area contributed by atoms with E-state index < -0.39 is 21.0 Å². The fourth-order valence-electron chi connectivity index (χ4n) is 2.17. The van der Waals surface area contributed by atoms with E-state index in [9.17, 15) is 13.2 Å². The standard InChI is InChI=1S/C12H14N2O3S/c1-8-7-10(15)14-12(13)11(8)18(16,17)9-5-3-2-4-6-9/h2-6,8,11H,7H2,1H3,(H2,13,14,15). The second-order valence-corrected chi connectivity index (χ2v) is 6.49. The van der Waals surface area contributed by atoms with E-state index in [1.165, 1.54) is 12.1 Å². The molecule has 96 valence electrons. The molecule has 1 saturated heterocycles. The summed E-state index contributed by atoms with van der Waals surface area (Å²) in [5.74, 6) is -0.925. The third-order valence-electron chi connectivity index (χ3n) is 2.99. The largest absolute Gasteiger partial charge is 0.314 e. The van der Waals surface area contributed by atoms with Crippen LogP contribution in [0.2, 0.25) is 0 Å². The minimum Gasteiger partial charge on any atom is -0.314 e. The Morgan fingerprint density at radius 2 is 1.89 bits per heavy atom. The van der Waals surface area contributed by atoms with Gasteiger partial charge in [-0.25, -0.2) is 8.42 Å². The molecular formula is C12H14N2O3S. The number of hydrogen-bond acceptors (Lipinski definition) is 4. The van der Waals surface area contributed by atoms with Crippen molar-refractivity contribution in [3.05, 3.63) is 30.3 Å². The van der Waals surface area contributed by atoms with Gasteiger partial charge in [0, 0.05) is 6.42 Å². The summed E-state index contributed by atoms with van der Waals surface area (Å²) in [6.07, 6.45) is 0.124. The van der Waals surface area contributed by atoms with Gasteiger partial charge in [-0.1, -0.05) is 25.1 Å². The van der Waals surface area contributed by atoms with Crippen LogP contribution in [0.3, 0.4) is 0 Å². The van der Waals surface area contributed by atoms with E-state index >= 15 is 0 Å². The van der Waals surface area contributed by atoms with Crippen LogP contribution >= 0.6 is 0 Å². The Hall–Kier alpha value is -1.69. The van der Waals surface area contributed by atoms with Crippen LogP contribution in [0.4, 0.5) is 0 Å². The van der Waals surface area contributed by atoms with Crippen LogP contribution in [0.1, 0.15) is 13.3 Å². The molecule has 1 aliphatic rings. The number of sulfone groups is 1. The smallest absolute Gasteiger partial charge is 0.225 e. The number of piperidine rings is 1. The van der Waals surface area contributed by atoms with E-state index in [0.717, 1.165) is 0 Å². The molecule has 0 spiro atoms. The zero-order valence-electron chi connectivity index (χ0n) is 9.88. The Kier molecular flexibility index (Phi) is 3.21. The number of carbonyl (C=O) groups excluding carboxylic acids is 1. The molecule has 0 saturated carbocycles. The number of amidine groups is 1. The molecule has 1 fully saturated rings. The molecule has 0 radical (unpaired) electrons. The normalized spacial score (nSPS) is 24.7. The highest BCUT2D eigenvalue weighted by atomic mass is 32.2. The van der Waals surface area contributed by atoms with Gasteiger partial charge < -0.3 is 5.32 Å². The molecule has 2 atom stereocenters. The van der Waals surface area contributed by atoms with Crippen molar-refractivity contribution < 1.29 is 13.2 Å². The molecule has 6 heteroatoms. The van der Waals surface area contributed by atoms with Crippen molar-refractivity contribution in [2.75, 3.05) is 0 Å². The number of amides is 1. The number of rotatable bonds is 2. The van der Waals surface area contributed by atoms with Gasteiger partial charge in [0.25, 0.3) is 0 Å². The van der Waals surface area contributed by atoms with Gasteiger partial charge >= 0.3 is 0 Å². The highest BCUT2D eigenvalue weighted by molar-refractivity contribution is 7.92. The molecule has 1 heterocycles. The zero-order chi connectivity index (χ0) is 13.3. The fourth-order valence-corrected chi connectivity index (χ4v) is 4.08. The fraction of sp³-hybridized carbons (Fsp3) is 0.333. The van der Waals surface area contributed by atoms with Crippen LogP contribution in [0.15, 0.2) is 35.2 Å². The van der Waals surface area contributed by atoms with Crippen LogP contribution in [-0.4, -0.2) is 25.4 Å². The summed E-state index contributed by atoms with van der Waals surface area (Å²) in [6, 6.07) is 8.03. The third-order valence-corrected chi connectivity index (χ3v) is 5.29. The van der Waals surface area contributed by atoms with Crippen LogP contribution in [0, 0.1) is 11.3 Å². The lowest BCUT2D eigenvalue weighted by Crippen LogP contribution is -2.51. The van der Waals surface area contributed by atoms with E-state index in [1.807, 2.05) is 0 Å². The first-order chi connectivity index (χ1) is 8.43. The van der Waals surface area contributed by atoms with Gasteiger partial charge in [0.05, 0.1) is 4.90 Å². The lowest BCUT2D eigenvalue weighted by Gasteiger charge is -2.29. The summed E-state index contributed by atoms with van der Waals surface area (Å²) in [5, 5.41) is 9.03. The van der Waals surface area contributed by atoms with E-state index in [2.05, 4.69) is 5.32 Å². The summed E-state index contributed by atoms with van der Waals surface area (Å²) >= 11 is 0. The molecule has 2 unspecified atom stereocenters. The molecule has 5 nitrogen and oxygen atoms in total. The quantitative estimate of drug-likeness (QED) is 0.836. The van der Waals surface area contributed by atoms with Crippen LogP contribution in [0.5, 0.6) is 0 Å². The minimum absolute atomic E-state index is 0.124. The molecule has 2 N–H and O–H groups in total. The molecule has 1 aromatic rings. The first-order valence-electron chi connectivity index (χ1n) is 5.60. The number of benzene rings is 1. The van der Waals surface area contributed by atoms with Gasteiger partial charge in [0.1, 0.15) is 11.1 Å².